The first-order valence-electron chi connectivity index (χ1n) is 6.30. The number of alkyl halides is 3. The monoisotopic (exact) mass is 311 g/mol. The average Bonchev–Trinajstić information content (AvgIpc) is 2.81. The maximum absolute atomic E-state index is 11.8. The van der Waals surface area contributed by atoms with Gasteiger partial charge in [0.2, 0.25) is 5.91 Å². The Morgan fingerprint density at radius 2 is 1.95 bits per heavy atom. The highest BCUT2D eigenvalue weighted by molar-refractivity contribution is 5.94. The number of carbonyl (C=O) groups is 3. The number of rotatable bonds is 5. The van der Waals surface area contributed by atoms with Crippen molar-refractivity contribution in [2.24, 2.45) is 0 Å². The van der Waals surface area contributed by atoms with Crippen LogP contribution in [0.1, 0.15) is 19.3 Å². The molecule has 0 aliphatic carbocycles. The van der Waals surface area contributed by atoms with E-state index in [4.69, 9.17) is 5.11 Å². The third-order valence-electron chi connectivity index (χ3n) is 2.98. The van der Waals surface area contributed by atoms with E-state index in [-0.39, 0.29) is 13.0 Å². The molecule has 1 unspecified atom stereocenters. The molecule has 120 valence electrons. The predicted molar refractivity (Wildman–Crippen MR) is 64.4 cm³/mol. The zero-order valence-electron chi connectivity index (χ0n) is 11.1. The maximum Gasteiger partial charge on any atom is 0.405 e. The van der Waals surface area contributed by atoms with Crippen LogP contribution in [-0.4, -0.2) is 59.8 Å². The highest BCUT2D eigenvalue weighted by atomic mass is 19.4. The Hall–Kier alpha value is -1.84. The second-order valence-corrected chi connectivity index (χ2v) is 4.63. The second kappa shape index (κ2) is 7.25. The Labute approximate surface area is 118 Å². The number of nitrogens with one attached hydrogen (secondary N) is 2. The van der Waals surface area contributed by atoms with Gasteiger partial charge in [0, 0.05) is 13.0 Å². The molecular weight excluding hydrogens is 295 g/mol. The van der Waals surface area contributed by atoms with Gasteiger partial charge in [-0.1, -0.05) is 0 Å². The highest BCUT2D eigenvalue weighted by Crippen LogP contribution is 2.17. The molecule has 0 spiro atoms. The quantitative estimate of drug-likeness (QED) is 0.679. The predicted octanol–water partition coefficient (Wildman–Crippen LogP) is 0.314. The number of carboxylic acid groups (broad SMARTS) is 1. The summed E-state index contributed by atoms with van der Waals surface area (Å²) in [5, 5.41) is 12.2. The number of likely N-dealkylation sites (tertiary alicyclic amines) is 1. The zero-order chi connectivity index (χ0) is 16.0. The lowest BCUT2D eigenvalue weighted by Crippen LogP contribution is -2.44. The summed E-state index contributed by atoms with van der Waals surface area (Å²) in [5.41, 5.74) is 0. The fraction of sp³-hybridized carbons (Fsp3) is 0.727. The average molecular weight is 311 g/mol. The number of amides is 3. The van der Waals surface area contributed by atoms with E-state index < -0.39 is 36.7 Å². The zero-order valence-corrected chi connectivity index (χ0v) is 11.1. The molecule has 0 aromatic heterocycles. The Balaban J connectivity index is 2.28. The maximum atomic E-state index is 11.8. The van der Waals surface area contributed by atoms with E-state index in [0.29, 0.717) is 19.4 Å². The van der Waals surface area contributed by atoms with E-state index in [9.17, 15) is 27.6 Å². The lowest BCUT2D eigenvalue weighted by Gasteiger charge is -2.20. The molecule has 0 saturated carbocycles. The van der Waals surface area contributed by atoms with Crippen LogP contribution in [-0.2, 0) is 9.59 Å². The molecule has 1 saturated heterocycles. The SMILES string of the molecule is O=C(CCN1CCCC1C(=O)O)NC(=O)NCC(F)(F)F. The lowest BCUT2D eigenvalue weighted by atomic mass is 10.2. The van der Waals surface area contributed by atoms with Gasteiger partial charge in [0.1, 0.15) is 12.6 Å². The van der Waals surface area contributed by atoms with E-state index >= 15 is 0 Å². The van der Waals surface area contributed by atoms with Gasteiger partial charge in [0.25, 0.3) is 0 Å². The van der Waals surface area contributed by atoms with Crippen LogP contribution in [0.25, 0.3) is 0 Å². The number of aliphatic carboxylic acids is 1. The summed E-state index contributed by atoms with van der Waals surface area (Å²) in [6, 6.07) is -1.88. The molecule has 7 nitrogen and oxygen atoms in total. The molecule has 0 bridgehead atoms. The van der Waals surface area contributed by atoms with Crippen LogP contribution >= 0.6 is 0 Å². The summed E-state index contributed by atoms with van der Waals surface area (Å²) in [5.74, 6) is -1.73. The molecule has 10 heteroatoms. The van der Waals surface area contributed by atoms with Crippen molar-refractivity contribution in [2.45, 2.75) is 31.5 Å². The molecule has 0 radical (unpaired) electrons. The van der Waals surface area contributed by atoms with Gasteiger partial charge in [-0.2, -0.15) is 13.2 Å². The number of nitrogens with zero attached hydrogens (tertiary/aromatic N) is 1. The van der Waals surface area contributed by atoms with Crippen molar-refractivity contribution in [3.8, 4) is 0 Å². The van der Waals surface area contributed by atoms with Crippen LogP contribution in [0.5, 0.6) is 0 Å². The minimum atomic E-state index is -4.55. The summed E-state index contributed by atoms with van der Waals surface area (Å²) in [4.78, 5) is 34.9. The first-order valence-corrected chi connectivity index (χ1v) is 6.30. The van der Waals surface area contributed by atoms with Gasteiger partial charge < -0.3 is 10.4 Å². The topological polar surface area (TPSA) is 98.7 Å². The number of hydrogen-bond acceptors (Lipinski definition) is 4. The van der Waals surface area contributed by atoms with Gasteiger partial charge in [0.05, 0.1) is 0 Å². The van der Waals surface area contributed by atoms with Gasteiger partial charge >= 0.3 is 18.2 Å². The molecule has 1 atom stereocenters. The van der Waals surface area contributed by atoms with E-state index in [1.54, 1.807) is 10.2 Å². The minimum absolute atomic E-state index is 0.134. The summed E-state index contributed by atoms with van der Waals surface area (Å²) in [6.07, 6.45) is -3.53. The third-order valence-corrected chi connectivity index (χ3v) is 2.98. The van der Waals surface area contributed by atoms with Gasteiger partial charge in [0.15, 0.2) is 0 Å². The summed E-state index contributed by atoms with van der Waals surface area (Å²) >= 11 is 0. The summed E-state index contributed by atoms with van der Waals surface area (Å²) in [6.45, 7) is -0.862. The molecular formula is C11H16F3N3O4. The highest BCUT2D eigenvalue weighted by Gasteiger charge is 2.31. The number of carboxylic acids is 1. The largest absolute Gasteiger partial charge is 0.480 e. The van der Waals surface area contributed by atoms with Crippen LogP contribution < -0.4 is 10.6 Å². The van der Waals surface area contributed by atoms with Gasteiger partial charge in [-0.25, -0.2) is 4.79 Å². The molecule has 1 aliphatic heterocycles. The van der Waals surface area contributed by atoms with Crippen LogP contribution in [0, 0.1) is 0 Å². The number of urea groups is 1. The van der Waals surface area contributed by atoms with Gasteiger partial charge in [-0.05, 0) is 19.4 Å². The van der Waals surface area contributed by atoms with E-state index in [2.05, 4.69) is 0 Å². The lowest BCUT2D eigenvalue weighted by molar-refractivity contribution is -0.142. The fourth-order valence-corrected chi connectivity index (χ4v) is 2.03. The van der Waals surface area contributed by atoms with Crippen molar-refractivity contribution < 1.29 is 32.7 Å². The molecule has 1 rings (SSSR count). The van der Waals surface area contributed by atoms with E-state index in [1.807, 2.05) is 0 Å². The Kier molecular flexibility index (Phi) is 5.94. The third kappa shape index (κ3) is 6.43. The standard InChI is InChI=1S/C11H16F3N3O4/c12-11(13,14)6-15-10(21)16-8(18)3-5-17-4-1-2-7(17)9(19)20/h7H,1-6H2,(H,19,20)(H2,15,16,18,21). The smallest absolute Gasteiger partial charge is 0.405 e. The number of halogens is 3. The van der Waals surface area contributed by atoms with Crippen LogP contribution in [0.2, 0.25) is 0 Å². The molecule has 1 aliphatic rings. The number of imide groups is 1. The molecule has 3 N–H and O–H groups in total. The molecule has 0 aromatic carbocycles. The van der Waals surface area contributed by atoms with E-state index in [0.717, 1.165) is 0 Å². The fourth-order valence-electron chi connectivity index (χ4n) is 2.03. The van der Waals surface area contributed by atoms with Crippen molar-refractivity contribution in [1.82, 2.24) is 15.5 Å². The van der Waals surface area contributed by atoms with Gasteiger partial charge in [-0.15, -0.1) is 0 Å². The molecule has 21 heavy (non-hydrogen) atoms. The second-order valence-electron chi connectivity index (χ2n) is 4.63. The van der Waals surface area contributed by atoms with Crippen molar-refractivity contribution in [2.75, 3.05) is 19.6 Å². The normalized spacial score (nSPS) is 19.3. The Morgan fingerprint density at radius 1 is 1.29 bits per heavy atom. The molecule has 3 amide bonds. The van der Waals surface area contributed by atoms with Crippen LogP contribution in [0.4, 0.5) is 18.0 Å². The molecule has 1 heterocycles. The van der Waals surface area contributed by atoms with Crippen molar-refractivity contribution in [3.63, 3.8) is 0 Å². The first-order chi connectivity index (χ1) is 9.69. The van der Waals surface area contributed by atoms with Crippen molar-refractivity contribution in [1.29, 1.82) is 0 Å². The van der Waals surface area contributed by atoms with Crippen LogP contribution in [0.15, 0.2) is 0 Å². The Morgan fingerprint density at radius 3 is 2.52 bits per heavy atom. The number of carbonyl (C=O) groups excluding carboxylic acids is 2. The van der Waals surface area contributed by atoms with Crippen LogP contribution in [0.3, 0.4) is 0 Å². The van der Waals surface area contributed by atoms with Gasteiger partial charge in [-0.3, -0.25) is 19.8 Å². The van der Waals surface area contributed by atoms with Crippen molar-refractivity contribution >= 4 is 17.9 Å². The molecule has 0 aromatic rings. The molecule has 1 fully saturated rings. The first kappa shape index (κ1) is 17.2. The summed E-state index contributed by atoms with van der Waals surface area (Å²) in [7, 11) is 0. The Bertz CT molecular complexity index is 414. The van der Waals surface area contributed by atoms with E-state index in [1.165, 1.54) is 5.32 Å². The van der Waals surface area contributed by atoms with Crippen molar-refractivity contribution in [3.05, 3.63) is 0 Å². The summed E-state index contributed by atoms with van der Waals surface area (Å²) < 4.78 is 35.5. The minimum Gasteiger partial charge on any atom is -0.480 e. The number of hydrogen-bond donors (Lipinski definition) is 3.